The topological polar surface area (TPSA) is 101 Å². The van der Waals surface area contributed by atoms with E-state index in [1.165, 1.54) is 0 Å². The summed E-state index contributed by atoms with van der Waals surface area (Å²) in [6.07, 6.45) is 0.717. The van der Waals surface area contributed by atoms with Gasteiger partial charge in [-0.3, -0.25) is 14.2 Å². The second-order valence-electron chi connectivity index (χ2n) is 12.6. The number of para-hydroxylation sites is 1. The number of carbonyl (C=O) groups excluding carboxylic acids is 1. The van der Waals surface area contributed by atoms with Crippen LogP contribution in [0.25, 0.3) is 22.2 Å². The van der Waals surface area contributed by atoms with Crippen LogP contribution >= 0.6 is 0 Å². The van der Waals surface area contributed by atoms with E-state index in [0.29, 0.717) is 42.0 Å². The van der Waals surface area contributed by atoms with Crippen molar-refractivity contribution < 1.29 is 9.22 Å². The second kappa shape index (κ2) is 9.44. The Kier molecular flexibility index (Phi) is 6.92. The highest BCUT2D eigenvalue weighted by molar-refractivity contribution is 6.74. The fourth-order valence-corrected chi connectivity index (χ4v) is 5.45. The molecule has 3 heterocycles. The molecule has 4 rings (SSSR count). The van der Waals surface area contributed by atoms with Crippen LogP contribution in [-0.4, -0.2) is 40.9 Å². The van der Waals surface area contributed by atoms with Crippen LogP contribution in [-0.2, 0) is 11.0 Å². The van der Waals surface area contributed by atoms with Crippen LogP contribution in [0, 0.1) is 0 Å². The Morgan fingerprint density at radius 2 is 1.81 bits per heavy atom. The highest BCUT2D eigenvalue weighted by atomic mass is 28.4. The smallest absolute Gasteiger partial charge is 0.262 e. The van der Waals surface area contributed by atoms with E-state index >= 15 is 0 Å². The fourth-order valence-electron chi connectivity index (χ4n) is 4.36. The molecule has 1 aliphatic rings. The number of hydrogen-bond donors (Lipinski definition) is 3. The van der Waals surface area contributed by atoms with Crippen molar-refractivity contribution in [3.63, 3.8) is 0 Å². The van der Waals surface area contributed by atoms with Crippen molar-refractivity contribution in [2.24, 2.45) is 0 Å². The van der Waals surface area contributed by atoms with Crippen molar-refractivity contribution in [2.45, 2.75) is 91.1 Å². The van der Waals surface area contributed by atoms with E-state index in [2.05, 4.69) is 70.3 Å². The first kappa shape index (κ1) is 27.1. The summed E-state index contributed by atoms with van der Waals surface area (Å²) in [6, 6.07) is 7.41. The van der Waals surface area contributed by atoms with Crippen molar-refractivity contribution in [3.8, 4) is 11.3 Å². The number of nitrogens with one attached hydrogen (secondary N) is 3. The summed E-state index contributed by atoms with van der Waals surface area (Å²) >= 11 is 0. The minimum atomic E-state index is -1.86. The summed E-state index contributed by atoms with van der Waals surface area (Å²) in [5.74, 6) is 0.450. The van der Waals surface area contributed by atoms with Crippen molar-refractivity contribution in [1.29, 1.82) is 0 Å². The predicted molar refractivity (Wildman–Crippen MR) is 153 cm³/mol. The number of anilines is 1. The number of aromatic nitrogens is 3. The van der Waals surface area contributed by atoms with E-state index in [1.54, 1.807) is 4.57 Å². The molecule has 0 spiro atoms. The zero-order chi connectivity index (χ0) is 27.3. The van der Waals surface area contributed by atoms with Gasteiger partial charge < -0.3 is 20.0 Å². The summed E-state index contributed by atoms with van der Waals surface area (Å²) in [5.41, 5.74) is 3.32. The van der Waals surface area contributed by atoms with Crippen LogP contribution in [0.4, 0.5) is 5.95 Å². The molecule has 0 fully saturated rings. The van der Waals surface area contributed by atoms with Crippen LogP contribution in [0.15, 0.2) is 29.1 Å². The molecule has 0 unspecified atom stereocenters. The quantitative estimate of drug-likeness (QED) is 0.268. The molecular weight excluding hydrogens is 482 g/mol. The normalized spacial score (nSPS) is 16.2. The summed E-state index contributed by atoms with van der Waals surface area (Å²) in [4.78, 5) is 34.5. The average Bonchev–Trinajstić information content (AvgIpc) is 3.32. The molecule has 3 N–H and O–H groups in total. The summed E-state index contributed by atoms with van der Waals surface area (Å²) in [7, 11) is -1.86. The van der Waals surface area contributed by atoms with E-state index in [9.17, 15) is 9.59 Å². The molecule has 1 atom stereocenters. The third-order valence-electron chi connectivity index (χ3n) is 7.43. The summed E-state index contributed by atoms with van der Waals surface area (Å²) in [6.45, 7) is 20.4. The lowest BCUT2D eigenvalue weighted by Crippen LogP contribution is -2.41. The molecular formula is C28H41N5O3Si. The van der Waals surface area contributed by atoms with Crippen molar-refractivity contribution in [3.05, 3.63) is 45.9 Å². The minimum Gasteiger partial charge on any atom is -0.417 e. The lowest BCUT2D eigenvalue weighted by Gasteiger charge is -2.36. The number of aromatic amines is 1. The maximum atomic E-state index is 13.8. The average molecular weight is 524 g/mol. The van der Waals surface area contributed by atoms with Crippen LogP contribution in [0.2, 0.25) is 18.1 Å². The van der Waals surface area contributed by atoms with Gasteiger partial charge in [0.25, 0.3) is 11.5 Å². The van der Waals surface area contributed by atoms with Crippen molar-refractivity contribution in [2.75, 3.05) is 11.9 Å². The first-order chi connectivity index (χ1) is 17.1. The van der Waals surface area contributed by atoms with Gasteiger partial charge in [-0.2, -0.15) is 0 Å². The van der Waals surface area contributed by atoms with Gasteiger partial charge in [0.1, 0.15) is 0 Å². The lowest BCUT2D eigenvalue weighted by molar-refractivity contribution is 0.0958. The number of H-pyrrole nitrogens is 1. The van der Waals surface area contributed by atoms with Crippen LogP contribution in [0.1, 0.15) is 77.0 Å². The molecule has 8 nitrogen and oxygen atoms in total. The molecule has 9 heteroatoms. The first-order valence-electron chi connectivity index (χ1n) is 13.1. The van der Waals surface area contributed by atoms with Crippen LogP contribution in [0.3, 0.4) is 0 Å². The molecule has 0 saturated carbocycles. The number of hydrogen-bond acceptors (Lipinski definition) is 5. The van der Waals surface area contributed by atoms with Gasteiger partial charge in [-0.25, -0.2) is 4.98 Å². The number of carbonyl (C=O) groups is 1. The van der Waals surface area contributed by atoms with Gasteiger partial charge in [0, 0.05) is 29.9 Å². The molecule has 0 saturated heterocycles. The van der Waals surface area contributed by atoms with E-state index in [1.807, 2.05) is 31.2 Å². The number of rotatable bonds is 7. The van der Waals surface area contributed by atoms with Crippen molar-refractivity contribution in [1.82, 2.24) is 19.9 Å². The van der Waals surface area contributed by atoms with Crippen LogP contribution in [0.5, 0.6) is 0 Å². The molecule has 1 amide bonds. The Bertz CT molecular complexity index is 1390. The van der Waals surface area contributed by atoms with Crippen molar-refractivity contribution >= 4 is 31.1 Å². The molecule has 1 aromatic carbocycles. The largest absolute Gasteiger partial charge is 0.417 e. The minimum absolute atomic E-state index is 0.0805. The Labute approximate surface area is 220 Å². The van der Waals surface area contributed by atoms with Gasteiger partial charge >= 0.3 is 0 Å². The predicted octanol–water partition coefficient (Wildman–Crippen LogP) is 5.82. The van der Waals surface area contributed by atoms with E-state index in [-0.39, 0.29) is 28.1 Å². The van der Waals surface area contributed by atoms with Gasteiger partial charge in [-0.1, -0.05) is 32.9 Å². The first-order valence-corrected chi connectivity index (χ1v) is 16.0. The summed E-state index contributed by atoms with van der Waals surface area (Å²) < 4.78 is 8.09. The van der Waals surface area contributed by atoms with Gasteiger partial charge in [0.05, 0.1) is 28.2 Å². The SMILES string of the molecule is C[C@H]1NC(=O)c2cc(-c3cccc4c(=O)n(CCCO[Si](C)(C)C(C)(C)C)c(NC(C)(C)C)nc34)[nH]c21. The van der Waals surface area contributed by atoms with Gasteiger partial charge in [-0.05, 0) is 64.4 Å². The third-order valence-corrected chi connectivity index (χ3v) is 12.0. The molecule has 37 heavy (non-hydrogen) atoms. The molecule has 0 radical (unpaired) electrons. The molecule has 2 aromatic heterocycles. The van der Waals surface area contributed by atoms with E-state index in [4.69, 9.17) is 9.41 Å². The molecule has 3 aromatic rings. The van der Waals surface area contributed by atoms with Gasteiger partial charge in [-0.15, -0.1) is 0 Å². The van der Waals surface area contributed by atoms with Gasteiger partial charge in [0.15, 0.2) is 8.32 Å². The Morgan fingerprint density at radius 1 is 1.11 bits per heavy atom. The monoisotopic (exact) mass is 523 g/mol. The molecule has 0 bridgehead atoms. The Hall–Kier alpha value is -2.91. The maximum Gasteiger partial charge on any atom is 0.262 e. The maximum absolute atomic E-state index is 13.8. The standard InChI is InChI=1S/C28H41N5O3Si/c1-17-22-20(24(34)29-17)16-21(30-22)18-12-10-13-19-23(18)31-26(32-27(2,3)4)33(25(19)35)14-11-15-36-37(8,9)28(5,6)7/h10,12-13,16-17,30H,11,14-15H2,1-9H3,(H,29,34)(H,31,32)/t17-/m1/s1. The lowest BCUT2D eigenvalue weighted by atomic mass is 10.1. The highest BCUT2D eigenvalue weighted by Gasteiger charge is 2.37. The van der Waals surface area contributed by atoms with E-state index in [0.717, 1.165) is 17.0 Å². The zero-order valence-corrected chi connectivity index (χ0v) is 24.6. The highest BCUT2D eigenvalue weighted by Crippen LogP contribution is 2.37. The fraction of sp³-hybridized carbons (Fsp3) is 0.536. The molecule has 0 aliphatic carbocycles. The Balaban J connectivity index is 1.73. The molecule has 200 valence electrons. The van der Waals surface area contributed by atoms with Crippen LogP contribution < -0.4 is 16.2 Å². The molecule has 1 aliphatic heterocycles. The number of fused-ring (bicyclic) bond motifs is 2. The number of benzene rings is 1. The van der Waals surface area contributed by atoms with E-state index < -0.39 is 8.32 Å². The Morgan fingerprint density at radius 3 is 2.43 bits per heavy atom. The zero-order valence-electron chi connectivity index (χ0n) is 23.6. The van der Waals surface area contributed by atoms with Gasteiger partial charge in [0.2, 0.25) is 5.95 Å². The third kappa shape index (κ3) is 5.38. The second-order valence-corrected chi connectivity index (χ2v) is 17.4. The number of nitrogens with zero attached hydrogens (tertiary/aromatic N) is 2. The number of amides is 1. The summed E-state index contributed by atoms with van der Waals surface area (Å²) in [5, 5.41) is 7.05.